The summed E-state index contributed by atoms with van der Waals surface area (Å²) in [6, 6.07) is 158. The molecule has 141 heavy (non-hydrogen) atoms. The number of benzene rings is 17. The van der Waals surface area contributed by atoms with Crippen LogP contribution in [0.15, 0.2) is 413 Å². The van der Waals surface area contributed by atoms with Gasteiger partial charge in [0.25, 0.3) is 0 Å². The van der Waals surface area contributed by atoms with E-state index in [9.17, 15) is 0 Å². The van der Waals surface area contributed by atoms with Crippen LogP contribution in [-0.4, -0.2) is 0 Å². The first kappa shape index (κ1) is 94.7. The van der Waals surface area contributed by atoms with Crippen molar-refractivity contribution in [2.24, 2.45) is 5.92 Å². The van der Waals surface area contributed by atoms with Gasteiger partial charge in [-0.05, 0) is 306 Å². The second-order valence-electron chi connectivity index (χ2n) is 41.6. The maximum atomic E-state index is 2.61. The van der Waals surface area contributed by atoms with E-state index in [1.54, 1.807) is 0 Å². The van der Waals surface area contributed by atoms with Gasteiger partial charge in [-0.3, -0.25) is 0 Å². The number of nitrogens with zero attached hydrogens (tertiary/aromatic N) is 3. The highest BCUT2D eigenvalue weighted by Gasteiger charge is 2.45. The molecular weight excluding hydrogens is 1700 g/mol. The molecule has 17 aromatic rings. The topological polar surface area (TPSA) is 9.72 Å². The Morgan fingerprint density at radius 1 is 0.220 bits per heavy atom. The van der Waals surface area contributed by atoms with Crippen LogP contribution in [0, 0.1) is 5.92 Å². The third kappa shape index (κ3) is 19.3. The van der Waals surface area contributed by atoms with Gasteiger partial charge in [-0.1, -0.05) is 455 Å². The lowest BCUT2D eigenvalue weighted by Crippen LogP contribution is -2.26. The van der Waals surface area contributed by atoms with E-state index in [1.807, 2.05) is 0 Å². The van der Waals surface area contributed by atoms with E-state index in [4.69, 9.17) is 0 Å². The average molecular weight is 1840 g/mol. The van der Waals surface area contributed by atoms with Gasteiger partial charge in [-0.15, -0.1) is 0 Å². The van der Waals surface area contributed by atoms with Crippen molar-refractivity contribution < 1.29 is 0 Å². The Hall–Kier alpha value is -13.9. The first-order chi connectivity index (χ1) is 69.3. The zero-order valence-corrected chi connectivity index (χ0v) is 84.4. The molecule has 0 fully saturated rings. The van der Waals surface area contributed by atoms with Crippen LogP contribution in [0.2, 0.25) is 0 Å². The lowest BCUT2D eigenvalue weighted by atomic mass is 9.70. The highest BCUT2D eigenvalue weighted by Crippen LogP contribution is 2.59. The third-order valence-corrected chi connectivity index (χ3v) is 32.2. The van der Waals surface area contributed by atoms with E-state index < -0.39 is 5.41 Å². The van der Waals surface area contributed by atoms with Crippen LogP contribution in [0.5, 0.6) is 0 Å². The third-order valence-electron chi connectivity index (χ3n) is 32.2. The van der Waals surface area contributed by atoms with Gasteiger partial charge in [-0.2, -0.15) is 0 Å². The number of anilines is 9. The van der Waals surface area contributed by atoms with E-state index in [1.165, 1.54) is 272 Å². The summed E-state index contributed by atoms with van der Waals surface area (Å²) in [7, 11) is 0. The van der Waals surface area contributed by atoms with Crippen molar-refractivity contribution in [2.75, 3.05) is 14.7 Å². The second-order valence-corrected chi connectivity index (χ2v) is 41.6. The molecule has 2 unspecified atom stereocenters. The first-order valence-corrected chi connectivity index (χ1v) is 53.4. The SMILES string of the molecule is CCCCCCC1(CCCCCC)c2ccccc2-c2ccc(N(c3ccccc3)c3ccc(-c4ccc(C(C)(c5ccc(-c6ccc(N(c7ccc(-c8ccc(C(C)(CC(C)C)c9ccc(-c%10ccc(N(c%11ccccc%11)c%11ccccc%11)cc%10)cc9)cc8)cc7)c7ccc8c(c7)C(CCCCCC)(CCCCCC)c7ccccc7-8)cc6)cc5)c5ccc(-c6ccc7c(c6)CC7)cc5)cc4)cc3)cc21. The second kappa shape index (κ2) is 42.7. The Labute approximate surface area is 842 Å². The summed E-state index contributed by atoms with van der Waals surface area (Å²) in [5.74, 6) is 0.479. The zero-order chi connectivity index (χ0) is 96.3. The standard InChI is InChI=1S/C138H139N3/c1-9-13-17-34-92-137(93-35-18-14-10-2)131-46-32-30-44-127(131)129-90-88-125(97-133(129)137)140(120-42-28-23-29-43-120)122-82-64-107(65-83-122)103-56-74-115(75-57-103)136(8,117-78-60-110(61-79-117)112-51-49-109-48-50-111(109)96-112)116-76-58-104(59-77-116)108-68-86-124(87-69-108)141(126-89-91-130-128-45-31-33-47-132(128)138(134(130)98-126,94-36-19-15-11-3)95-37-20-16-12-4)123-84-66-106(67-85-123)102-54-72-114(73-55-102)135(7,99-100(5)6)113-70-52-101(53-71-113)105-62-80-121(81-63-105)139(118-38-24-21-25-39-118)119-40-26-22-27-41-119/h21-33,38-47,49,51-91,96-98,100H,9-20,34-37,48,50,92-95,99H2,1-8H3. The van der Waals surface area contributed by atoms with Crippen LogP contribution in [0.4, 0.5) is 51.2 Å². The van der Waals surface area contributed by atoms with Crippen molar-refractivity contribution in [2.45, 2.75) is 225 Å². The fourth-order valence-corrected chi connectivity index (χ4v) is 24.3. The van der Waals surface area contributed by atoms with Gasteiger partial charge >= 0.3 is 0 Å². The highest BCUT2D eigenvalue weighted by atomic mass is 15.2. The molecule has 0 saturated heterocycles. The Bertz CT molecular complexity index is 6980. The van der Waals surface area contributed by atoms with Crippen LogP contribution >= 0.6 is 0 Å². The molecule has 0 spiro atoms. The van der Waals surface area contributed by atoms with Gasteiger partial charge in [0, 0.05) is 72.8 Å². The number of unbranched alkanes of at least 4 members (excludes halogenated alkanes) is 12. The van der Waals surface area contributed by atoms with E-state index in [-0.39, 0.29) is 16.2 Å². The average Bonchev–Trinajstić information content (AvgIpc) is 1.48. The highest BCUT2D eigenvalue weighted by molar-refractivity contribution is 5.90. The zero-order valence-electron chi connectivity index (χ0n) is 84.4. The monoisotopic (exact) mass is 1840 g/mol. The predicted molar refractivity (Wildman–Crippen MR) is 603 cm³/mol. The minimum atomic E-state index is -0.505. The Morgan fingerprint density at radius 2 is 0.468 bits per heavy atom. The van der Waals surface area contributed by atoms with Crippen LogP contribution in [-0.2, 0) is 34.5 Å². The van der Waals surface area contributed by atoms with E-state index in [0.717, 1.165) is 65.5 Å². The molecule has 0 saturated carbocycles. The Morgan fingerprint density at radius 3 is 0.759 bits per heavy atom. The number of para-hydroxylation sites is 3. The number of aryl methyl sites for hydroxylation is 2. The minimum Gasteiger partial charge on any atom is -0.311 e. The molecule has 706 valence electrons. The summed E-state index contributed by atoms with van der Waals surface area (Å²) >= 11 is 0. The quantitative estimate of drug-likeness (QED) is 0.0279. The molecule has 0 amide bonds. The summed E-state index contributed by atoms with van der Waals surface area (Å²) < 4.78 is 0. The summed E-state index contributed by atoms with van der Waals surface area (Å²) in [4.78, 5) is 7.35. The smallest absolute Gasteiger partial charge is 0.0465 e. The molecule has 17 aromatic carbocycles. The van der Waals surface area contributed by atoms with Gasteiger partial charge in [0.1, 0.15) is 0 Å². The van der Waals surface area contributed by atoms with Gasteiger partial charge < -0.3 is 14.7 Å². The number of fused-ring (bicyclic) bond motifs is 7. The molecule has 0 aromatic heterocycles. The van der Waals surface area contributed by atoms with Gasteiger partial charge in [0.05, 0.1) is 0 Å². The molecule has 0 bridgehead atoms. The molecular formula is C138H139N3. The van der Waals surface area contributed by atoms with Crippen molar-refractivity contribution in [3.8, 4) is 77.9 Å². The molecule has 3 nitrogen and oxygen atoms in total. The maximum absolute atomic E-state index is 2.61. The van der Waals surface area contributed by atoms with Gasteiger partial charge in [0.2, 0.25) is 0 Å². The Kier molecular flexibility index (Phi) is 28.7. The van der Waals surface area contributed by atoms with E-state index in [2.05, 4.69) is 483 Å². The van der Waals surface area contributed by atoms with E-state index >= 15 is 0 Å². The lowest BCUT2D eigenvalue weighted by molar-refractivity contribution is 0.401. The molecule has 0 heterocycles. The van der Waals surface area contributed by atoms with Crippen LogP contribution in [0.25, 0.3) is 77.9 Å². The number of hydrogen-bond donors (Lipinski definition) is 0. The summed E-state index contributed by atoms with van der Waals surface area (Å²) in [5, 5.41) is 0. The van der Waals surface area contributed by atoms with Crippen LogP contribution in [0.3, 0.4) is 0 Å². The van der Waals surface area contributed by atoms with E-state index in [0.29, 0.717) is 5.92 Å². The predicted octanol–water partition coefficient (Wildman–Crippen LogP) is 39.7. The van der Waals surface area contributed by atoms with Crippen LogP contribution < -0.4 is 14.7 Å². The Balaban J connectivity index is 0.606. The molecule has 0 aliphatic heterocycles. The van der Waals surface area contributed by atoms with Crippen molar-refractivity contribution in [3.63, 3.8) is 0 Å². The normalized spacial score (nSPS) is 13.8. The van der Waals surface area contributed by atoms with Gasteiger partial charge in [-0.25, -0.2) is 0 Å². The lowest BCUT2D eigenvalue weighted by Gasteiger charge is -2.34. The van der Waals surface area contributed by atoms with Crippen LogP contribution in [0.1, 0.15) is 251 Å². The maximum Gasteiger partial charge on any atom is 0.0465 e. The van der Waals surface area contributed by atoms with Gasteiger partial charge in [0.15, 0.2) is 0 Å². The molecule has 3 aliphatic carbocycles. The molecule has 0 N–H and O–H groups in total. The molecule has 2 atom stereocenters. The molecule has 20 rings (SSSR count). The molecule has 0 radical (unpaired) electrons. The fraction of sp³-hybridized carbons (Fsp3) is 0.261. The number of rotatable bonds is 41. The van der Waals surface area contributed by atoms with Crippen molar-refractivity contribution in [3.05, 3.63) is 474 Å². The summed E-state index contributed by atoms with van der Waals surface area (Å²) in [5.41, 5.74) is 42.7. The van der Waals surface area contributed by atoms with Crippen molar-refractivity contribution in [1.82, 2.24) is 0 Å². The summed E-state index contributed by atoms with van der Waals surface area (Å²) in [6.45, 7) is 19.0. The minimum absolute atomic E-state index is 0.0147. The summed E-state index contributed by atoms with van der Waals surface area (Å²) in [6.07, 6.45) is 28.1. The number of hydrogen-bond acceptors (Lipinski definition) is 3. The molecule has 3 aliphatic rings. The van der Waals surface area contributed by atoms with Crippen molar-refractivity contribution in [1.29, 1.82) is 0 Å². The largest absolute Gasteiger partial charge is 0.311 e. The first-order valence-electron chi connectivity index (χ1n) is 53.4. The fourth-order valence-electron chi connectivity index (χ4n) is 24.3. The van der Waals surface area contributed by atoms with Crippen molar-refractivity contribution >= 4 is 51.2 Å². The molecule has 3 heteroatoms.